The van der Waals surface area contributed by atoms with E-state index in [0.717, 1.165) is 13.0 Å². The van der Waals surface area contributed by atoms with Gasteiger partial charge >= 0.3 is 5.97 Å². The molecular weight excluding hydrogens is 154 g/mol. The Morgan fingerprint density at radius 2 is 2.33 bits per heavy atom. The summed E-state index contributed by atoms with van der Waals surface area (Å²) in [5.41, 5.74) is 0.503. The summed E-state index contributed by atoms with van der Waals surface area (Å²) >= 11 is 0. The minimum atomic E-state index is -0.284. The van der Waals surface area contributed by atoms with Gasteiger partial charge in [-0.2, -0.15) is 0 Å². The zero-order valence-corrected chi connectivity index (χ0v) is 7.67. The molecule has 1 rings (SSSR count). The molecule has 0 aromatic rings. The fraction of sp³-hybridized carbons (Fsp3) is 0.667. The molecule has 0 bridgehead atoms. The third-order valence-corrected chi connectivity index (χ3v) is 2.04. The van der Waals surface area contributed by atoms with Crippen molar-refractivity contribution in [2.24, 2.45) is 0 Å². The summed E-state index contributed by atoms with van der Waals surface area (Å²) in [4.78, 5) is 13.1. The molecule has 0 amide bonds. The Morgan fingerprint density at radius 3 is 2.75 bits per heavy atom. The van der Waals surface area contributed by atoms with Gasteiger partial charge < -0.3 is 9.64 Å². The Bertz CT molecular complexity index is 201. The number of hydrogen-bond acceptors (Lipinski definition) is 3. The fourth-order valence-corrected chi connectivity index (χ4v) is 1.19. The Kier molecular flexibility index (Phi) is 2.74. The molecule has 0 aliphatic carbocycles. The quantitative estimate of drug-likeness (QED) is 0.359. The standard InChI is InChI=1S/C9H15NO2/c1-4-8-6-10(8)7(3)9(11)12-5-2/h8H,3-6H2,1-2H3. The molecule has 0 saturated carbocycles. The summed E-state index contributed by atoms with van der Waals surface area (Å²) in [5.74, 6) is -0.284. The van der Waals surface area contributed by atoms with Crippen LogP contribution in [0.1, 0.15) is 20.3 Å². The van der Waals surface area contributed by atoms with E-state index < -0.39 is 0 Å². The van der Waals surface area contributed by atoms with E-state index in [1.54, 1.807) is 6.92 Å². The lowest BCUT2D eigenvalue weighted by molar-refractivity contribution is -0.139. The maximum atomic E-state index is 11.1. The molecule has 0 radical (unpaired) electrons. The molecule has 3 heteroatoms. The van der Waals surface area contributed by atoms with Crippen LogP contribution in [-0.2, 0) is 9.53 Å². The van der Waals surface area contributed by atoms with Crippen LogP contribution in [0, 0.1) is 0 Å². The van der Waals surface area contributed by atoms with E-state index >= 15 is 0 Å². The van der Waals surface area contributed by atoms with Gasteiger partial charge in [-0.05, 0) is 13.3 Å². The molecule has 68 valence electrons. The minimum absolute atomic E-state index is 0.284. The van der Waals surface area contributed by atoms with Crippen LogP contribution in [-0.4, -0.2) is 30.1 Å². The van der Waals surface area contributed by atoms with Crippen molar-refractivity contribution in [3.8, 4) is 0 Å². The minimum Gasteiger partial charge on any atom is -0.461 e. The number of hydrogen-bond donors (Lipinski definition) is 0. The molecule has 1 aliphatic heterocycles. The van der Waals surface area contributed by atoms with Gasteiger partial charge in [0.1, 0.15) is 5.70 Å². The molecule has 0 N–H and O–H groups in total. The van der Waals surface area contributed by atoms with Crippen LogP contribution >= 0.6 is 0 Å². The van der Waals surface area contributed by atoms with Crippen molar-refractivity contribution in [3.63, 3.8) is 0 Å². The third-order valence-electron chi connectivity index (χ3n) is 2.04. The van der Waals surface area contributed by atoms with E-state index in [2.05, 4.69) is 13.5 Å². The first-order valence-corrected chi connectivity index (χ1v) is 4.33. The predicted octanol–water partition coefficient (Wildman–Crippen LogP) is 1.16. The molecule has 1 heterocycles. The molecule has 3 nitrogen and oxygen atoms in total. The molecule has 1 atom stereocenters. The number of carbonyl (C=O) groups is 1. The number of carbonyl (C=O) groups excluding carboxylic acids is 1. The molecule has 0 aromatic carbocycles. The first-order chi connectivity index (χ1) is 5.70. The van der Waals surface area contributed by atoms with Crippen molar-refractivity contribution in [2.75, 3.05) is 13.2 Å². The summed E-state index contributed by atoms with van der Waals surface area (Å²) in [6, 6.07) is 0.516. The molecular formula is C9H15NO2. The first-order valence-electron chi connectivity index (χ1n) is 4.33. The Morgan fingerprint density at radius 1 is 1.67 bits per heavy atom. The van der Waals surface area contributed by atoms with Gasteiger partial charge in [0.25, 0.3) is 0 Å². The average molecular weight is 169 g/mol. The Labute approximate surface area is 73.0 Å². The fourth-order valence-electron chi connectivity index (χ4n) is 1.19. The van der Waals surface area contributed by atoms with Gasteiger partial charge in [0.2, 0.25) is 0 Å². The smallest absolute Gasteiger partial charge is 0.353 e. The molecule has 1 saturated heterocycles. The van der Waals surface area contributed by atoms with Crippen LogP contribution < -0.4 is 0 Å². The van der Waals surface area contributed by atoms with Gasteiger partial charge in [-0.3, -0.25) is 0 Å². The van der Waals surface area contributed by atoms with Crippen molar-refractivity contribution in [1.29, 1.82) is 0 Å². The summed E-state index contributed by atoms with van der Waals surface area (Å²) in [7, 11) is 0. The second kappa shape index (κ2) is 3.61. The normalized spacial score (nSPS) is 20.5. The zero-order valence-electron chi connectivity index (χ0n) is 7.67. The van der Waals surface area contributed by atoms with Crippen molar-refractivity contribution in [2.45, 2.75) is 26.3 Å². The Balaban J connectivity index is 2.34. The number of rotatable bonds is 4. The molecule has 0 aromatic heterocycles. The van der Waals surface area contributed by atoms with Crippen LogP contribution in [0.2, 0.25) is 0 Å². The van der Waals surface area contributed by atoms with E-state index in [9.17, 15) is 4.79 Å². The SMILES string of the molecule is C=C(C(=O)OCC)N1CC1CC. The van der Waals surface area contributed by atoms with Crippen LogP contribution in [0.25, 0.3) is 0 Å². The highest BCUT2D eigenvalue weighted by Gasteiger charge is 2.36. The van der Waals surface area contributed by atoms with Gasteiger partial charge in [0.15, 0.2) is 0 Å². The van der Waals surface area contributed by atoms with Crippen LogP contribution in [0.15, 0.2) is 12.3 Å². The van der Waals surface area contributed by atoms with Crippen LogP contribution in [0.3, 0.4) is 0 Å². The highest BCUT2D eigenvalue weighted by atomic mass is 16.5. The van der Waals surface area contributed by atoms with E-state index in [4.69, 9.17) is 4.74 Å². The van der Waals surface area contributed by atoms with Gasteiger partial charge in [-0.25, -0.2) is 4.79 Å². The van der Waals surface area contributed by atoms with Gasteiger partial charge in [-0.1, -0.05) is 13.5 Å². The van der Waals surface area contributed by atoms with Crippen molar-refractivity contribution in [3.05, 3.63) is 12.3 Å². The van der Waals surface area contributed by atoms with Crippen molar-refractivity contribution < 1.29 is 9.53 Å². The van der Waals surface area contributed by atoms with E-state index in [1.807, 2.05) is 4.90 Å². The summed E-state index contributed by atoms with van der Waals surface area (Å²) in [6.07, 6.45) is 1.07. The van der Waals surface area contributed by atoms with Gasteiger partial charge in [-0.15, -0.1) is 0 Å². The molecule has 1 aliphatic rings. The summed E-state index contributed by atoms with van der Waals surface area (Å²) in [5, 5.41) is 0. The number of nitrogens with zero attached hydrogens (tertiary/aromatic N) is 1. The largest absolute Gasteiger partial charge is 0.461 e. The maximum Gasteiger partial charge on any atom is 0.353 e. The summed E-state index contributed by atoms with van der Waals surface area (Å²) < 4.78 is 4.82. The second-order valence-corrected chi connectivity index (χ2v) is 2.88. The zero-order chi connectivity index (χ0) is 9.14. The lowest BCUT2D eigenvalue weighted by Crippen LogP contribution is -2.14. The lowest BCUT2D eigenvalue weighted by atomic mass is 10.4. The van der Waals surface area contributed by atoms with Gasteiger partial charge in [0.05, 0.1) is 6.61 Å². The van der Waals surface area contributed by atoms with Crippen molar-refractivity contribution >= 4 is 5.97 Å². The average Bonchev–Trinajstić information content (AvgIpc) is 2.82. The monoisotopic (exact) mass is 169 g/mol. The maximum absolute atomic E-state index is 11.1. The van der Waals surface area contributed by atoms with E-state index in [0.29, 0.717) is 18.3 Å². The molecule has 1 unspecified atom stereocenters. The highest BCUT2D eigenvalue weighted by Crippen LogP contribution is 2.25. The lowest BCUT2D eigenvalue weighted by Gasteiger charge is -2.06. The van der Waals surface area contributed by atoms with E-state index in [1.165, 1.54) is 0 Å². The molecule has 1 fully saturated rings. The topological polar surface area (TPSA) is 29.3 Å². The van der Waals surface area contributed by atoms with Gasteiger partial charge in [0, 0.05) is 12.6 Å². The number of ether oxygens (including phenoxy) is 1. The highest BCUT2D eigenvalue weighted by molar-refractivity contribution is 5.87. The molecule has 0 spiro atoms. The predicted molar refractivity (Wildman–Crippen MR) is 46.6 cm³/mol. The third kappa shape index (κ3) is 1.78. The van der Waals surface area contributed by atoms with E-state index in [-0.39, 0.29) is 5.97 Å². The summed E-state index contributed by atoms with van der Waals surface area (Å²) in [6.45, 7) is 8.95. The first kappa shape index (κ1) is 9.10. The van der Waals surface area contributed by atoms with Crippen molar-refractivity contribution in [1.82, 2.24) is 4.90 Å². The second-order valence-electron chi connectivity index (χ2n) is 2.88. The molecule has 12 heavy (non-hydrogen) atoms. The Hall–Kier alpha value is -0.990. The number of esters is 1. The van der Waals surface area contributed by atoms with Crippen LogP contribution in [0.5, 0.6) is 0 Å². The van der Waals surface area contributed by atoms with Crippen LogP contribution in [0.4, 0.5) is 0 Å².